The molecule has 3 rings (SSSR count). The number of hydrogen-bond acceptors (Lipinski definition) is 4. The Morgan fingerprint density at radius 2 is 1.69 bits per heavy atom. The van der Waals surface area contributed by atoms with Crippen molar-refractivity contribution in [2.45, 2.75) is 26.4 Å². The number of carbonyl (C=O) groups excluding carboxylic acids is 1. The number of carbonyl (C=O) groups is 1. The van der Waals surface area contributed by atoms with Crippen molar-refractivity contribution < 1.29 is 9.90 Å². The van der Waals surface area contributed by atoms with Crippen molar-refractivity contribution in [3.05, 3.63) is 70.0 Å². The van der Waals surface area contributed by atoms with Gasteiger partial charge in [-0.1, -0.05) is 23.7 Å². The molecule has 3 aromatic rings. The molecule has 5 nitrogen and oxygen atoms in total. The van der Waals surface area contributed by atoms with Gasteiger partial charge in [0.1, 0.15) is 5.60 Å². The molecule has 0 saturated carbocycles. The van der Waals surface area contributed by atoms with Gasteiger partial charge in [-0.25, -0.2) is 9.97 Å². The highest BCUT2D eigenvalue weighted by atomic mass is 35.5. The third kappa shape index (κ3) is 3.84. The van der Waals surface area contributed by atoms with E-state index >= 15 is 0 Å². The Kier molecular flexibility index (Phi) is 4.94. The quantitative estimate of drug-likeness (QED) is 0.737. The van der Waals surface area contributed by atoms with Crippen LogP contribution in [0.3, 0.4) is 0 Å². The van der Waals surface area contributed by atoms with Crippen molar-refractivity contribution in [2.75, 3.05) is 6.54 Å². The number of halogens is 1. The van der Waals surface area contributed by atoms with Gasteiger partial charge < -0.3 is 10.4 Å². The second-order valence-electron chi connectivity index (χ2n) is 6.56. The van der Waals surface area contributed by atoms with Crippen molar-refractivity contribution >= 4 is 28.5 Å². The Hall–Kier alpha value is -2.50. The van der Waals surface area contributed by atoms with Gasteiger partial charge in [0, 0.05) is 10.6 Å². The molecule has 0 aliphatic carbocycles. The normalized spacial score (nSPS) is 13.4. The highest BCUT2D eigenvalue weighted by Crippen LogP contribution is 2.22. The van der Waals surface area contributed by atoms with E-state index in [1.54, 1.807) is 49.4 Å². The van der Waals surface area contributed by atoms with Crippen LogP contribution in [0.5, 0.6) is 0 Å². The smallest absolute Gasteiger partial charge is 0.251 e. The van der Waals surface area contributed by atoms with Crippen molar-refractivity contribution in [3.63, 3.8) is 0 Å². The van der Waals surface area contributed by atoms with E-state index in [-0.39, 0.29) is 12.5 Å². The maximum absolute atomic E-state index is 12.5. The predicted octanol–water partition coefficient (Wildman–Crippen LogP) is 3.54. The monoisotopic (exact) mass is 369 g/mol. The summed E-state index contributed by atoms with van der Waals surface area (Å²) in [6, 6.07) is 12.1. The highest BCUT2D eigenvalue weighted by molar-refractivity contribution is 6.30. The molecular formula is C20H20ClN3O2. The summed E-state index contributed by atoms with van der Waals surface area (Å²) in [7, 11) is 0. The van der Waals surface area contributed by atoms with Crippen molar-refractivity contribution in [1.29, 1.82) is 0 Å². The first-order valence-corrected chi connectivity index (χ1v) is 8.66. The van der Waals surface area contributed by atoms with Crippen molar-refractivity contribution in [3.8, 4) is 0 Å². The number of aryl methyl sites for hydroxylation is 2. The summed E-state index contributed by atoms with van der Waals surface area (Å²) in [5, 5.41) is 14.0. The zero-order chi connectivity index (χ0) is 18.9. The molecule has 0 radical (unpaired) electrons. The molecule has 0 spiro atoms. The Labute approximate surface area is 157 Å². The van der Waals surface area contributed by atoms with Gasteiger partial charge in [0.15, 0.2) is 0 Å². The summed E-state index contributed by atoms with van der Waals surface area (Å²) in [5.41, 5.74) is 3.07. The molecule has 134 valence electrons. The third-order valence-corrected chi connectivity index (χ3v) is 4.65. The van der Waals surface area contributed by atoms with Crippen LogP contribution in [-0.2, 0) is 5.60 Å². The Balaban J connectivity index is 1.76. The van der Waals surface area contributed by atoms with Crippen LogP contribution < -0.4 is 5.32 Å². The van der Waals surface area contributed by atoms with E-state index in [1.807, 2.05) is 13.8 Å². The molecule has 0 aliphatic rings. The number of aromatic nitrogens is 2. The lowest BCUT2D eigenvalue weighted by Gasteiger charge is -2.24. The summed E-state index contributed by atoms with van der Waals surface area (Å²) in [6.45, 7) is 5.51. The minimum absolute atomic E-state index is 0.0735. The van der Waals surface area contributed by atoms with E-state index in [0.717, 1.165) is 16.9 Å². The van der Waals surface area contributed by atoms with Crippen LogP contribution in [-0.4, -0.2) is 27.5 Å². The standard InChI is InChI=1S/C20H20ClN3O2/c1-12-13(2)24-18-10-14(4-9-17(18)23-12)19(25)22-11-20(3,26)15-5-7-16(21)8-6-15/h4-10,26H,11H2,1-3H3,(H,22,25). The summed E-state index contributed by atoms with van der Waals surface area (Å²) in [6.07, 6.45) is 0. The van der Waals surface area contributed by atoms with Crippen molar-refractivity contribution in [2.24, 2.45) is 0 Å². The van der Waals surface area contributed by atoms with Gasteiger partial charge in [-0.05, 0) is 56.7 Å². The van der Waals surface area contributed by atoms with E-state index in [4.69, 9.17) is 11.6 Å². The lowest BCUT2D eigenvalue weighted by Crippen LogP contribution is -2.38. The molecule has 0 bridgehead atoms. The summed E-state index contributed by atoms with van der Waals surface area (Å²) in [4.78, 5) is 21.4. The largest absolute Gasteiger partial charge is 0.384 e. The molecule has 0 saturated heterocycles. The van der Waals surface area contributed by atoms with E-state index in [1.165, 1.54) is 0 Å². The van der Waals surface area contributed by atoms with Gasteiger partial charge in [-0.3, -0.25) is 4.79 Å². The molecule has 1 heterocycles. The molecule has 1 atom stereocenters. The number of nitrogens with zero attached hydrogens (tertiary/aromatic N) is 2. The fourth-order valence-electron chi connectivity index (χ4n) is 2.64. The summed E-state index contributed by atoms with van der Waals surface area (Å²) < 4.78 is 0. The van der Waals surface area contributed by atoms with Crippen LogP contribution in [0.1, 0.15) is 34.2 Å². The molecule has 1 unspecified atom stereocenters. The van der Waals surface area contributed by atoms with Crippen LogP contribution in [0.4, 0.5) is 0 Å². The Morgan fingerprint density at radius 3 is 2.35 bits per heavy atom. The summed E-state index contributed by atoms with van der Waals surface area (Å²) in [5.74, 6) is -0.277. The number of hydrogen-bond donors (Lipinski definition) is 2. The first-order chi connectivity index (χ1) is 12.3. The maximum atomic E-state index is 12.5. The molecule has 26 heavy (non-hydrogen) atoms. The molecule has 1 amide bonds. The van der Waals surface area contributed by atoms with E-state index in [0.29, 0.717) is 21.7 Å². The fraction of sp³-hybridized carbons (Fsp3) is 0.250. The van der Waals surface area contributed by atoms with Crippen molar-refractivity contribution in [1.82, 2.24) is 15.3 Å². The molecule has 0 fully saturated rings. The number of amides is 1. The first kappa shape index (κ1) is 18.3. The predicted molar refractivity (Wildman–Crippen MR) is 102 cm³/mol. The summed E-state index contributed by atoms with van der Waals surface area (Å²) >= 11 is 5.88. The SMILES string of the molecule is Cc1nc2ccc(C(=O)NCC(C)(O)c3ccc(Cl)cc3)cc2nc1C. The van der Waals surface area contributed by atoms with E-state index in [9.17, 15) is 9.90 Å². The topological polar surface area (TPSA) is 75.1 Å². The minimum Gasteiger partial charge on any atom is -0.384 e. The zero-order valence-corrected chi connectivity index (χ0v) is 15.6. The minimum atomic E-state index is -1.20. The van der Waals surface area contributed by atoms with Crippen LogP contribution >= 0.6 is 11.6 Å². The van der Waals surface area contributed by atoms with Gasteiger partial charge in [-0.15, -0.1) is 0 Å². The second-order valence-corrected chi connectivity index (χ2v) is 7.00. The maximum Gasteiger partial charge on any atom is 0.251 e. The van der Waals surface area contributed by atoms with Crippen LogP contribution in [0.25, 0.3) is 11.0 Å². The molecule has 2 N–H and O–H groups in total. The van der Waals surface area contributed by atoms with Gasteiger partial charge in [0.05, 0.1) is 29.0 Å². The number of rotatable bonds is 4. The first-order valence-electron chi connectivity index (χ1n) is 8.28. The number of nitrogens with one attached hydrogen (secondary N) is 1. The lowest BCUT2D eigenvalue weighted by atomic mass is 9.96. The molecule has 2 aromatic carbocycles. The second kappa shape index (κ2) is 7.02. The Morgan fingerprint density at radius 1 is 1.08 bits per heavy atom. The molecule has 6 heteroatoms. The molecular weight excluding hydrogens is 350 g/mol. The number of aliphatic hydroxyl groups is 1. The van der Waals surface area contributed by atoms with E-state index in [2.05, 4.69) is 15.3 Å². The third-order valence-electron chi connectivity index (χ3n) is 4.40. The van der Waals surface area contributed by atoms with Crippen LogP contribution in [0, 0.1) is 13.8 Å². The molecule has 1 aromatic heterocycles. The van der Waals surface area contributed by atoms with Gasteiger partial charge in [-0.2, -0.15) is 0 Å². The Bertz CT molecular complexity index is 969. The van der Waals surface area contributed by atoms with Crippen LogP contribution in [0.15, 0.2) is 42.5 Å². The van der Waals surface area contributed by atoms with E-state index < -0.39 is 5.60 Å². The lowest BCUT2D eigenvalue weighted by molar-refractivity contribution is 0.0526. The number of benzene rings is 2. The highest BCUT2D eigenvalue weighted by Gasteiger charge is 2.24. The zero-order valence-electron chi connectivity index (χ0n) is 14.9. The molecule has 0 aliphatic heterocycles. The van der Waals surface area contributed by atoms with Gasteiger partial charge in [0.2, 0.25) is 0 Å². The van der Waals surface area contributed by atoms with Gasteiger partial charge >= 0.3 is 0 Å². The van der Waals surface area contributed by atoms with Gasteiger partial charge in [0.25, 0.3) is 5.91 Å². The average molecular weight is 370 g/mol. The number of fused-ring (bicyclic) bond motifs is 1. The average Bonchev–Trinajstić information content (AvgIpc) is 2.61. The van der Waals surface area contributed by atoms with Crippen LogP contribution in [0.2, 0.25) is 5.02 Å². The fourth-order valence-corrected chi connectivity index (χ4v) is 2.76.